The summed E-state index contributed by atoms with van der Waals surface area (Å²) >= 11 is 0. The van der Waals surface area contributed by atoms with Crippen molar-refractivity contribution >= 4 is 11.9 Å². The van der Waals surface area contributed by atoms with Gasteiger partial charge in [0, 0.05) is 0 Å². The number of nitrogens with two attached hydrogens (primary N) is 1. The Bertz CT molecular complexity index is 299. The van der Waals surface area contributed by atoms with Crippen molar-refractivity contribution in [2.75, 3.05) is 0 Å². The third-order valence-corrected chi connectivity index (χ3v) is 3.54. The van der Waals surface area contributed by atoms with Gasteiger partial charge < -0.3 is 10.8 Å². The number of hydrogen-bond donors (Lipinski definition) is 2. The highest BCUT2D eigenvalue weighted by atomic mass is 16.4. The molecule has 20 heavy (non-hydrogen) atoms. The molecule has 0 heterocycles. The monoisotopic (exact) mass is 283 g/mol. The molecule has 0 aromatic heterocycles. The maximum Gasteiger partial charge on any atom is 0.320 e. The van der Waals surface area contributed by atoms with Gasteiger partial charge in [0.15, 0.2) is 5.92 Å². The zero-order chi connectivity index (χ0) is 15.4. The van der Waals surface area contributed by atoms with E-state index in [2.05, 4.69) is 13.5 Å². The fraction of sp³-hybridized carbons (Fsp3) is 0.750. The first kappa shape index (κ1) is 18.7. The highest BCUT2D eigenvalue weighted by molar-refractivity contribution is 5.99. The summed E-state index contributed by atoms with van der Waals surface area (Å²) in [6.07, 6.45) is 11.4. The number of carbonyl (C=O) groups is 2. The molecule has 0 aliphatic heterocycles. The minimum Gasteiger partial charge on any atom is -0.480 e. The standard InChI is InChI=1S/C16H29NO3/c1-3-4-5-6-7-8-9-10-11-12-13(2)14(15(17)18)16(19)20/h14H,2-12H2,1H3,(H2,17,18)(H,19,20). The second kappa shape index (κ2) is 11.5. The van der Waals surface area contributed by atoms with Crippen LogP contribution in [0, 0.1) is 5.92 Å². The Morgan fingerprint density at radius 3 is 1.85 bits per heavy atom. The van der Waals surface area contributed by atoms with Gasteiger partial charge in [0.1, 0.15) is 0 Å². The zero-order valence-electron chi connectivity index (χ0n) is 12.7. The van der Waals surface area contributed by atoms with Crippen LogP contribution in [0.1, 0.15) is 71.1 Å². The van der Waals surface area contributed by atoms with Gasteiger partial charge in [-0.3, -0.25) is 9.59 Å². The molecule has 4 heteroatoms. The Morgan fingerprint density at radius 2 is 1.45 bits per heavy atom. The summed E-state index contributed by atoms with van der Waals surface area (Å²) in [5, 5.41) is 8.90. The van der Waals surface area contributed by atoms with Crippen LogP contribution >= 0.6 is 0 Å². The van der Waals surface area contributed by atoms with Crippen molar-refractivity contribution in [1.29, 1.82) is 0 Å². The van der Waals surface area contributed by atoms with Crippen molar-refractivity contribution in [1.82, 2.24) is 0 Å². The second-order valence-corrected chi connectivity index (χ2v) is 5.41. The van der Waals surface area contributed by atoms with E-state index in [0.29, 0.717) is 12.0 Å². The first-order chi connectivity index (χ1) is 9.50. The van der Waals surface area contributed by atoms with Crippen molar-refractivity contribution in [2.45, 2.75) is 71.1 Å². The minimum atomic E-state index is -1.23. The zero-order valence-corrected chi connectivity index (χ0v) is 12.7. The Morgan fingerprint density at radius 1 is 1.00 bits per heavy atom. The quantitative estimate of drug-likeness (QED) is 0.307. The van der Waals surface area contributed by atoms with Crippen LogP contribution in [0.5, 0.6) is 0 Å². The summed E-state index contributed by atoms with van der Waals surface area (Å²) in [5.74, 6) is -3.25. The number of carboxylic acids is 1. The highest BCUT2D eigenvalue weighted by Gasteiger charge is 2.26. The van der Waals surface area contributed by atoms with Crippen molar-refractivity contribution in [2.24, 2.45) is 11.7 Å². The summed E-state index contributed by atoms with van der Waals surface area (Å²) in [4.78, 5) is 21.9. The van der Waals surface area contributed by atoms with E-state index in [1.807, 2.05) is 0 Å². The van der Waals surface area contributed by atoms with Crippen LogP contribution in [-0.4, -0.2) is 17.0 Å². The van der Waals surface area contributed by atoms with Gasteiger partial charge in [0.25, 0.3) is 0 Å². The van der Waals surface area contributed by atoms with Gasteiger partial charge in [-0.25, -0.2) is 0 Å². The lowest BCUT2D eigenvalue weighted by Gasteiger charge is -2.11. The van der Waals surface area contributed by atoms with E-state index in [0.717, 1.165) is 19.3 Å². The largest absolute Gasteiger partial charge is 0.480 e. The smallest absolute Gasteiger partial charge is 0.320 e. The number of primary amides is 1. The fourth-order valence-corrected chi connectivity index (χ4v) is 2.30. The highest BCUT2D eigenvalue weighted by Crippen LogP contribution is 2.18. The summed E-state index contributed by atoms with van der Waals surface area (Å²) in [6, 6.07) is 0. The number of unbranched alkanes of at least 4 members (excludes halogenated alkanes) is 8. The molecule has 0 radical (unpaired) electrons. The van der Waals surface area contributed by atoms with E-state index < -0.39 is 17.8 Å². The molecule has 0 aromatic carbocycles. The van der Waals surface area contributed by atoms with Gasteiger partial charge >= 0.3 is 5.97 Å². The van der Waals surface area contributed by atoms with Crippen LogP contribution in [0.3, 0.4) is 0 Å². The second-order valence-electron chi connectivity index (χ2n) is 5.41. The Hall–Kier alpha value is -1.32. The van der Waals surface area contributed by atoms with Crippen molar-refractivity contribution in [3.05, 3.63) is 12.2 Å². The van der Waals surface area contributed by atoms with Crippen LogP contribution < -0.4 is 5.73 Å². The first-order valence-electron chi connectivity index (χ1n) is 7.70. The average Bonchev–Trinajstić information content (AvgIpc) is 2.36. The normalized spacial score (nSPS) is 12.1. The molecule has 0 fully saturated rings. The average molecular weight is 283 g/mol. The van der Waals surface area contributed by atoms with E-state index in [1.165, 1.54) is 38.5 Å². The number of hydrogen-bond acceptors (Lipinski definition) is 2. The van der Waals surface area contributed by atoms with E-state index in [1.54, 1.807) is 0 Å². The molecule has 0 aliphatic carbocycles. The van der Waals surface area contributed by atoms with Crippen LogP contribution in [0.25, 0.3) is 0 Å². The maximum atomic E-state index is 11.0. The van der Waals surface area contributed by atoms with Crippen LogP contribution in [0.4, 0.5) is 0 Å². The van der Waals surface area contributed by atoms with Crippen LogP contribution in [0.2, 0.25) is 0 Å². The summed E-state index contributed by atoms with van der Waals surface area (Å²) in [7, 11) is 0. The molecule has 0 spiro atoms. The maximum absolute atomic E-state index is 11.0. The molecule has 0 aliphatic rings. The van der Waals surface area contributed by atoms with Gasteiger partial charge in [-0.15, -0.1) is 0 Å². The van der Waals surface area contributed by atoms with Gasteiger partial charge in [-0.05, 0) is 12.8 Å². The minimum absolute atomic E-state index is 0.424. The Balaban J connectivity index is 3.61. The molecule has 3 N–H and O–H groups in total. The predicted octanol–water partition coefficient (Wildman–Crippen LogP) is 3.65. The molecule has 4 nitrogen and oxygen atoms in total. The first-order valence-corrected chi connectivity index (χ1v) is 7.70. The van der Waals surface area contributed by atoms with Gasteiger partial charge in [0.2, 0.25) is 5.91 Å². The lowest BCUT2D eigenvalue weighted by molar-refractivity contribution is -0.144. The van der Waals surface area contributed by atoms with E-state index in [9.17, 15) is 9.59 Å². The Labute approximate surface area is 122 Å². The molecule has 1 atom stereocenters. The number of carbonyl (C=O) groups excluding carboxylic acids is 1. The van der Waals surface area contributed by atoms with Crippen LogP contribution in [0.15, 0.2) is 12.2 Å². The van der Waals surface area contributed by atoms with Crippen molar-refractivity contribution in [3.63, 3.8) is 0 Å². The topological polar surface area (TPSA) is 80.4 Å². The molecule has 0 aromatic rings. The number of rotatable bonds is 13. The molecule has 1 amide bonds. The fourth-order valence-electron chi connectivity index (χ4n) is 2.30. The third kappa shape index (κ3) is 8.73. The number of aliphatic carboxylic acids is 1. The lowest BCUT2D eigenvalue weighted by atomic mass is 9.94. The van der Waals surface area contributed by atoms with E-state index in [4.69, 9.17) is 10.8 Å². The van der Waals surface area contributed by atoms with Gasteiger partial charge in [0.05, 0.1) is 0 Å². The van der Waals surface area contributed by atoms with Gasteiger partial charge in [-0.1, -0.05) is 70.4 Å². The van der Waals surface area contributed by atoms with Gasteiger partial charge in [-0.2, -0.15) is 0 Å². The molecule has 0 bridgehead atoms. The molecule has 0 rings (SSSR count). The van der Waals surface area contributed by atoms with Crippen molar-refractivity contribution in [3.8, 4) is 0 Å². The van der Waals surface area contributed by atoms with Crippen LogP contribution in [-0.2, 0) is 9.59 Å². The molecule has 0 saturated heterocycles. The van der Waals surface area contributed by atoms with E-state index in [-0.39, 0.29) is 0 Å². The third-order valence-electron chi connectivity index (χ3n) is 3.54. The molecule has 1 unspecified atom stereocenters. The Kier molecular flexibility index (Phi) is 10.7. The molecular weight excluding hydrogens is 254 g/mol. The van der Waals surface area contributed by atoms with E-state index >= 15 is 0 Å². The molecule has 0 saturated carbocycles. The predicted molar refractivity (Wildman–Crippen MR) is 81.3 cm³/mol. The molecule has 116 valence electrons. The van der Waals surface area contributed by atoms with Crippen molar-refractivity contribution < 1.29 is 14.7 Å². The summed E-state index contributed by atoms with van der Waals surface area (Å²) < 4.78 is 0. The SMILES string of the molecule is C=C(CCCCCCCCCCC)C(C(N)=O)C(=O)O. The number of carboxylic acid groups (broad SMARTS) is 1. The summed E-state index contributed by atoms with van der Waals surface area (Å²) in [6.45, 7) is 5.90. The molecular formula is C16H29NO3. The number of amides is 1. The summed E-state index contributed by atoms with van der Waals surface area (Å²) in [5.41, 5.74) is 5.49. The lowest BCUT2D eigenvalue weighted by Crippen LogP contribution is -2.31.